The predicted octanol–water partition coefficient (Wildman–Crippen LogP) is 0.642. The van der Waals surface area contributed by atoms with Gasteiger partial charge in [0.25, 0.3) is 6.47 Å². The van der Waals surface area contributed by atoms with E-state index in [9.17, 15) is 9.59 Å². The first-order valence-electron chi connectivity index (χ1n) is 8.88. The van der Waals surface area contributed by atoms with Crippen molar-refractivity contribution < 1.29 is 19.5 Å². The number of nitrogens with zero attached hydrogens (tertiary/aromatic N) is 3. The monoisotopic (exact) mass is 339 g/mol. The molecule has 0 bridgehead atoms. The van der Waals surface area contributed by atoms with Crippen molar-refractivity contribution in [2.24, 2.45) is 5.92 Å². The minimum atomic E-state index is -0.250. The molecule has 1 unspecified atom stereocenters. The molecule has 24 heavy (non-hydrogen) atoms. The highest BCUT2D eigenvalue weighted by atomic mass is 16.3. The molecule has 0 aromatic carbocycles. The number of rotatable bonds is 3. The molecule has 0 radical (unpaired) electrons. The van der Waals surface area contributed by atoms with Gasteiger partial charge < -0.3 is 14.9 Å². The van der Waals surface area contributed by atoms with Crippen LogP contribution in [0.4, 0.5) is 0 Å². The van der Waals surface area contributed by atoms with Crippen LogP contribution >= 0.6 is 0 Å². The Balaban J connectivity index is 0.000000647. The Hall–Kier alpha value is -1.63. The number of carbonyl (C=O) groups is 3. The molecule has 2 heterocycles. The van der Waals surface area contributed by atoms with Crippen molar-refractivity contribution >= 4 is 18.3 Å². The molecule has 0 aromatic rings. The Morgan fingerprint density at radius 2 is 1.79 bits per heavy atom. The van der Waals surface area contributed by atoms with Crippen molar-refractivity contribution in [3.8, 4) is 0 Å². The molecule has 1 saturated carbocycles. The van der Waals surface area contributed by atoms with E-state index < -0.39 is 0 Å². The van der Waals surface area contributed by atoms with Crippen LogP contribution in [-0.4, -0.2) is 83.9 Å². The average molecular weight is 339 g/mol. The molecule has 3 fully saturated rings. The summed E-state index contributed by atoms with van der Waals surface area (Å²) in [5, 5.41) is 6.89. The highest BCUT2D eigenvalue weighted by Gasteiger charge is 2.32. The molecule has 3 rings (SSSR count). The number of carboxylic acid groups (broad SMARTS) is 1. The van der Waals surface area contributed by atoms with Gasteiger partial charge in [0, 0.05) is 45.7 Å². The SMILES string of the molecule is CN1CC(CN2CCN(C3CCCC3)C(=O)C2)CCC1=O.O=CO. The second-order valence-electron chi connectivity index (χ2n) is 7.04. The van der Waals surface area contributed by atoms with Gasteiger partial charge in [0.15, 0.2) is 0 Å². The number of amides is 2. The molecule has 2 saturated heterocycles. The molecular weight excluding hydrogens is 310 g/mol. The summed E-state index contributed by atoms with van der Waals surface area (Å²) in [6.45, 7) is 4.02. The van der Waals surface area contributed by atoms with Gasteiger partial charge in [-0.1, -0.05) is 12.8 Å². The summed E-state index contributed by atoms with van der Waals surface area (Å²) in [6.07, 6.45) is 6.58. The molecule has 3 aliphatic rings. The minimum absolute atomic E-state index is 0.250. The Bertz CT molecular complexity index is 451. The second-order valence-corrected chi connectivity index (χ2v) is 7.04. The lowest BCUT2D eigenvalue weighted by Crippen LogP contribution is -2.55. The fourth-order valence-corrected chi connectivity index (χ4v) is 4.11. The fraction of sp³-hybridized carbons (Fsp3) is 0.824. The molecule has 2 aliphatic heterocycles. The minimum Gasteiger partial charge on any atom is -0.483 e. The average Bonchev–Trinajstić information content (AvgIpc) is 3.06. The molecule has 1 aliphatic carbocycles. The van der Waals surface area contributed by atoms with Crippen LogP contribution in [-0.2, 0) is 14.4 Å². The first-order chi connectivity index (χ1) is 11.5. The molecule has 7 nitrogen and oxygen atoms in total. The lowest BCUT2D eigenvalue weighted by Gasteiger charge is -2.40. The number of hydrogen-bond donors (Lipinski definition) is 1. The largest absolute Gasteiger partial charge is 0.483 e. The fourth-order valence-electron chi connectivity index (χ4n) is 4.11. The highest BCUT2D eigenvalue weighted by Crippen LogP contribution is 2.25. The van der Waals surface area contributed by atoms with Gasteiger partial charge in [-0.25, -0.2) is 0 Å². The molecule has 0 aromatic heterocycles. The van der Waals surface area contributed by atoms with Crippen LogP contribution in [0.25, 0.3) is 0 Å². The molecule has 2 amide bonds. The van der Waals surface area contributed by atoms with E-state index >= 15 is 0 Å². The van der Waals surface area contributed by atoms with Crippen molar-refractivity contribution in [2.75, 3.05) is 39.8 Å². The summed E-state index contributed by atoms with van der Waals surface area (Å²) in [4.78, 5) is 38.5. The quantitative estimate of drug-likeness (QED) is 0.763. The zero-order valence-electron chi connectivity index (χ0n) is 14.5. The summed E-state index contributed by atoms with van der Waals surface area (Å²) in [7, 11) is 1.89. The zero-order chi connectivity index (χ0) is 17.5. The van der Waals surface area contributed by atoms with Gasteiger partial charge >= 0.3 is 0 Å². The van der Waals surface area contributed by atoms with Crippen molar-refractivity contribution in [2.45, 2.75) is 44.6 Å². The molecular formula is C17H29N3O4. The summed E-state index contributed by atoms with van der Waals surface area (Å²) in [5.41, 5.74) is 0. The number of likely N-dealkylation sites (tertiary alicyclic amines) is 1. The number of piperazine rings is 1. The predicted molar refractivity (Wildman–Crippen MR) is 89.5 cm³/mol. The molecule has 7 heteroatoms. The van der Waals surface area contributed by atoms with Crippen LogP contribution in [0.2, 0.25) is 0 Å². The Kier molecular flexibility index (Phi) is 7.02. The first kappa shape index (κ1) is 18.7. The van der Waals surface area contributed by atoms with E-state index in [1.54, 1.807) is 0 Å². The van der Waals surface area contributed by atoms with E-state index in [-0.39, 0.29) is 12.4 Å². The second kappa shape index (κ2) is 9.01. The maximum Gasteiger partial charge on any atom is 0.290 e. The Morgan fingerprint density at radius 1 is 1.12 bits per heavy atom. The molecule has 136 valence electrons. The summed E-state index contributed by atoms with van der Waals surface area (Å²) >= 11 is 0. The van der Waals surface area contributed by atoms with Crippen molar-refractivity contribution in [1.82, 2.24) is 14.7 Å². The van der Waals surface area contributed by atoms with Crippen LogP contribution in [0.15, 0.2) is 0 Å². The van der Waals surface area contributed by atoms with Crippen LogP contribution in [0, 0.1) is 5.92 Å². The topological polar surface area (TPSA) is 81.2 Å². The zero-order valence-corrected chi connectivity index (χ0v) is 14.5. The van der Waals surface area contributed by atoms with Gasteiger partial charge in [0.05, 0.1) is 6.54 Å². The van der Waals surface area contributed by atoms with E-state index in [2.05, 4.69) is 9.80 Å². The van der Waals surface area contributed by atoms with Crippen molar-refractivity contribution in [3.63, 3.8) is 0 Å². The Morgan fingerprint density at radius 3 is 2.38 bits per heavy atom. The van der Waals surface area contributed by atoms with Gasteiger partial charge in [-0.3, -0.25) is 19.3 Å². The third kappa shape index (κ3) is 4.93. The number of piperidine rings is 1. The van der Waals surface area contributed by atoms with Gasteiger partial charge in [0.1, 0.15) is 0 Å². The number of carbonyl (C=O) groups excluding carboxylic acids is 2. The van der Waals surface area contributed by atoms with Crippen LogP contribution in [0.5, 0.6) is 0 Å². The maximum absolute atomic E-state index is 12.4. The normalized spacial score (nSPS) is 26.3. The van der Waals surface area contributed by atoms with Crippen molar-refractivity contribution in [1.29, 1.82) is 0 Å². The summed E-state index contributed by atoms with van der Waals surface area (Å²) < 4.78 is 0. The summed E-state index contributed by atoms with van der Waals surface area (Å²) in [6, 6.07) is 0.512. The van der Waals surface area contributed by atoms with Gasteiger partial charge in [-0.15, -0.1) is 0 Å². The van der Waals surface area contributed by atoms with E-state index in [1.165, 1.54) is 25.7 Å². The van der Waals surface area contributed by atoms with Gasteiger partial charge in [-0.05, 0) is 25.2 Å². The standard InChI is InChI=1S/C16H27N3O2.CH2O2/c1-17-10-13(6-7-15(17)20)11-18-8-9-19(16(21)12-18)14-4-2-3-5-14;2-1-3/h13-14H,2-12H2,1H3;1H,(H,2,3). The third-order valence-corrected chi connectivity index (χ3v) is 5.34. The van der Waals surface area contributed by atoms with E-state index in [0.717, 1.165) is 32.6 Å². The molecule has 1 N–H and O–H groups in total. The third-order valence-electron chi connectivity index (χ3n) is 5.34. The van der Waals surface area contributed by atoms with E-state index in [4.69, 9.17) is 9.90 Å². The highest BCUT2D eigenvalue weighted by molar-refractivity contribution is 5.79. The first-order valence-corrected chi connectivity index (χ1v) is 8.88. The number of hydrogen-bond acceptors (Lipinski definition) is 4. The lowest BCUT2D eigenvalue weighted by atomic mass is 9.97. The molecule has 0 spiro atoms. The van der Waals surface area contributed by atoms with Crippen LogP contribution < -0.4 is 0 Å². The van der Waals surface area contributed by atoms with E-state index in [0.29, 0.717) is 30.8 Å². The lowest BCUT2D eigenvalue weighted by molar-refractivity contribution is -0.140. The van der Waals surface area contributed by atoms with E-state index in [1.807, 2.05) is 11.9 Å². The van der Waals surface area contributed by atoms with Gasteiger partial charge in [0.2, 0.25) is 11.8 Å². The van der Waals surface area contributed by atoms with Gasteiger partial charge in [-0.2, -0.15) is 0 Å². The maximum atomic E-state index is 12.4. The Labute approximate surface area is 143 Å². The van der Waals surface area contributed by atoms with Crippen LogP contribution in [0.1, 0.15) is 38.5 Å². The summed E-state index contributed by atoms with van der Waals surface area (Å²) in [5.74, 6) is 1.10. The molecule has 1 atom stereocenters. The van der Waals surface area contributed by atoms with Crippen molar-refractivity contribution in [3.05, 3.63) is 0 Å². The smallest absolute Gasteiger partial charge is 0.290 e. The van der Waals surface area contributed by atoms with Crippen LogP contribution in [0.3, 0.4) is 0 Å².